The van der Waals surface area contributed by atoms with Crippen LogP contribution in [0.15, 0.2) is 48.7 Å². The lowest BCUT2D eigenvalue weighted by Crippen LogP contribution is -2.43. The summed E-state index contributed by atoms with van der Waals surface area (Å²) in [5, 5.41) is 15.6. The summed E-state index contributed by atoms with van der Waals surface area (Å²) in [7, 11) is 0. The van der Waals surface area contributed by atoms with Crippen molar-refractivity contribution in [1.82, 2.24) is 15.8 Å². The van der Waals surface area contributed by atoms with Crippen LogP contribution < -0.4 is 16.1 Å². The highest BCUT2D eigenvalue weighted by Crippen LogP contribution is 2.27. The van der Waals surface area contributed by atoms with E-state index in [0.717, 1.165) is 37.3 Å². The van der Waals surface area contributed by atoms with Crippen LogP contribution in [0.5, 0.6) is 0 Å². The van der Waals surface area contributed by atoms with Gasteiger partial charge >= 0.3 is 0 Å². The number of pyridine rings is 1. The third kappa shape index (κ3) is 5.65. The first kappa shape index (κ1) is 21.0. The van der Waals surface area contributed by atoms with Gasteiger partial charge in [0.2, 0.25) is 0 Å². The van der Waals surface area contributed by atoms with Crippen LogP contribution in [0.1, 0.15) is 43.9 Å². The van der Waals surface area contributed by atoms with Crippen LogP contribution in [-0.2, 0) is 16.6 Å². The summed E-state index contributed by atoms with van der Waals surface area (Å²) in [6.45, 7) is 8.55. The van der Waals surface area contributed by atoms with Gasteiger partial charge < -0.3 is 10.6 Å². The number of nitrogens with one attached hydrogen (secondary N) is 3. The first-order valence-corrected chi connectivity index (χ1v) is 9.96. The van der Waals surface area contributed by atoms with Gasteiger partial charge in [0.05, 0.1) is 5.54 Å². The zero-order chi connectivity index (χ0) is 20.9. The van der Waals surface area contributed by atoms with Gasteiger partial charge in [0.15, 0.2) is 0 Å². The Balaban J connectivity index is 1.71. The Morgan fingerprint density at radius 2 is 2.00 bits per heavy atom. The molecule has 0 radical (unpaired) electrons. The maximum atomic E-state index is 11.1. The number of nitrogens with zero attached hydrogens (tertiary/aromatic N) is 1. The summed E-state index contributed by atoms with van der Waals surface area (Å²) in [4.78, 5) is 15.6. The number of carbonyl (C=O) groups is 1. The molecule has 29 heavy (non-hydrogen) atoms. The summed E-state index contributed by atoms with van der Waals surface area (Å²) < 4.78 is 0. The van der Waals surface area contributed by atoms with Crippen molar-refractivity contribution in [3.05, 3.63) is 65.4 Å². The van der Waals surface area contributed by atoms with Crippen molar-refractivity contribution in [2.45, 2.75) is 44.6 Å². The topological polar surface area (TPSA) is 86.3 Å². The zero-order valence-corrected chi connectivity index (χ0v) is 17.3. The lowest BCUT2D eigenvalue weighted by molar-refractivity contribution is -0.124. The average molecular weight is 395 g/mol. The zero-order valence-electron chi connectivity index (χ0n) is 17.3. The highest BCUT2D eigenvalue weighted by Gasteiger charge is 2.34. The van der Waals surface area contributed by atoms with Gasteiger partial charge in [-0.1, -0.05) is 45.0 Å². The van der Waals surface area contributed by atoms with Crippen molar-refractivity contribution in [2.75, 3.05) is 18.4 Å². The number of aromatic nitrogens is 1. The molecule has 0 spiro atoms. The van der Waals surface area contributed by atoms with Gasteiger partial charge in [-0.3, -0.25) is 10.0 Å². The lowest BCUT2D eigenvalue weighted by atomic mass is 9.84. The molecule has 1 aliphatic heterocycles. The van der Waals surface area contributed by atoms with Gasteiger partial charge in [0.1, 0.15) is 5.82 Å². The molecule has 1 fully saturated rings. The number of benzene rings is 1. The van der Waals surface area contributed by atoms with Crippen molar-refractivity contribution in [1.29, 1.82) is 0 Å². The van der Waals surface area contributed by atoms with Crippen LogP contribution in [0, 0.1) is 0 Å². The Morgan fingerprint density at radius 3 is 2.55 bits per heavy atom. The third-order valence-electron chi connectivity index (χ3n) is 5.32. The van der Waals surface area contributed by atoms with Crippen LogP contribution in [0.4, 0.5) is 5.82 Å². The fraction of sp³-hybridized carbons (Fsp3) is 0.391. The smallest absolute Gasteiger partial charge is 0.267 e. The van der Waals surface area contributed by atoms with E-state index in [1.165, 1.54) is 17.2 Å². The molecule has 0 saturated carbocycles. The van der Waals surface area contributed by atoms with Crippen LogP contribution >= 0.6 is 0 Å². The minimum atomic E-state index is -0.569. The Morgan fingerprint density at radius 1 is 1.24 bits per heavy atom. The van der Waals surface area contributed by atoms with Crippen LogP contribution in [0.2, 0.25) is 0 Å². The minimum absolute atomic E-state index is 0.0790. The van der Waals surface area contributed by atoms with Crippen molar-refractivity contribution < 1.29 is 10.0 Å². The Labute approximate surface area is 172 Å². The molecule has 6 nitrogen and oxygen atoms in total. The first-order chi connectivity index (χ1) is 13.8. The third-order valence-corrected chi connectivity index (χ3v) is 5.32. The van der Waals surface area contributed by atoms with E-state index in [1.807, 2.05) is 12.1 Å². The van der Waals surface area contributed by atoms with E-state index in [1.54, 1.807) is 17.8 Å². The number of hydrogen-bond donors (Lipinski definition) is 4. The predicted octanol–water partition coefficient (Wildman–Crippen LogP) is 3.28. The molecule has 6 heteroatoms. The first-order valence-electron chi connectivity index (χ1n) is 9.96. The van der Waals surface area contributed by atoms with Crippen molar-refractivity contribution in [3.63, 3.8) is 0 Å². The van der Waals surface area contributed by atoms with E-state index >= 15 is 0 Å². The highest BCUT2D eigenvalue weighted by atomic mass is 16.5. The molecule has 1 saturated heterocycles. The maximum Gasteiger partial charge on any atom is 0.267 e. The van der Waals surface area contributed by atoms with Crippen molar-refractivity contribution >= 4 is 17.8 Å². The Hall–Kier alpha value is -2.70. The SMILES string of the molecule is CC(C)(C)c1ccc(C[C@@]2(Nc3ccc(/C=C/C(=O)NO)cn3)CCNC2)cc1. The fourth-order valence-corrected chi connectivity index (χ4v) is 3.62. The summed E-state index contributed by atoms with van der Waals surface area (Å²) >= 11 is 0. The number of hydroxylamine groups is 1. The molecule has 0 bridgehead atoms. The molecular formula is C23H30N4O2. The van der Waals surface area contributed by atoms with Crippen molar-refractivity contribution in [3.8, 4) is 0 Å². The Kier molecular flexibility index (Phi) is 6.35. The number of amides is 1. The fourth-order valence-electron chi connectivity index (χ4n) is 3.62. The van der Waals surface area contributed by atoms with E-state index in [2.05, 4.69) is 60.7 Å². The molecule has 1 amide bonds. The molecule has 2 heterocycles. The van der Waals surface area contributed by atoms with Gasteiger partial charge in [-0.05, 0) is 59.7 Å². The molecule has 1 atom stereocenters. The van der Waals surface area contributed by atoms with Gasteiger partial charge in [0, 0.05) is 18.8 Å². The largest absolute Gasteiger partial charge is 0.363 e. The second kappa shape index (κ2) is 8.76. The van der Waals surface area contributed by atoms with Gasteiger partial charge in [-0.25, -0.2) is 10.5 Å². The predicted molar refractivity (Wildman–Crippen MR) is 116 cm³/mol. The molecule has 2 aromatic rings. The van der Waals surface area contributed by atoms with Crippen LogP contribution in [-0.4, -0.2) is 34.7 Å². The minimum Gasteiger partial charge on any atom is -0.363 e. The van der Waals surface area contributed by atoms with E-state index in [4.69, 9.17) is 5.21 Å². The van der Waals surface area contributed by atoms with Crippen LogP contribution in [0.3, 0.4) is 0 Å². The molecule has 4 N–H and O–H groups in total. The molecule has 0 aliphatic carbocycles. The average Bonchev–Trinajstić information content (AvgIpc) is 3.14. The van der Waals surface area contributed by atoms with E-state index in [9.17, 15) is 4.79 Å². The molecule has 1 aromatic carbocycles. The van der Waals surface area contributed by atoms with Gasteiger partial charge in [-0.2, -0.15) is 0 Å². The highest BCUT2D eigenvalue weighted by molar-refractivity contribution is 5.90. The van der Waals surface area contributed by atoms with E-state index < -0.39 is 5.91 Å². The monoisotopic (exact) mass is 394 g/mol. The van der Waals surface area contributed by atoms with E-state index in [0.29, 0.717) is 0 Å². The van der Waals surface area contributed by atoms with Crippen molar-refractivity contribution in [2.24, 2.45) is 0 Å². The molecular weight excluding hydrogens is 364 g/mol. The molecule has 154 valence electrons. The normalized spacial score (nSPS) is 19.4. The summed E-state index contributed by atoms with van der Waals surface area (Å²) in [6.07, 6.45) is 6.51. The lowest BCUT2D eigenvalue weighted by Gasteiger charge is -2.31. The number of rotatable bonds is 6. The number of hydrogen-bond acceptors (Lipinski definition) is 5. The Bertz CT molecular complexity index is 846. The summed E-state index contributed by atoms with van der Waals surface area (Å²) in [5.74, 6) is 0.240. The second-order valence-electron chi connectivity index (χ2n) is 8.74. The molecule has 1 aliphatic rings. The number of carbonyl (C=O) groups excluding carboxylic acids is 1. The number of anilines is 1. The van der Waals surface area contributed by atoms with E-state index in [-0.39, 0.29) is 11.0 Å². The quantitative estimate of drug-likeness (QED) is 0.343. The molecule has 1 aromatic heterocycles. The molecule has 3 rings (SSSR count). The van der Waals surface area contributed by atoms with Gasteiger partial charge in [-0.15, -0.1) is 0 Å². The molecule has 0 unspecified atom stereocenters. The van der Waals surface area contributed by atoms with Gasteiger partial charge in [0.25, 0.3) is 5.91 Å². The maximum absolute atomic E-state index is 11.1. The van der Waals surface area contributed by atoms with Crippen LogP contribution in [0.25, 0.3) is 6.08 Å². The second-order valence-corrected chi connectivity index (χ2v) is 8.74. The summed E-state index contributed by atoms with van der Waals surface area (Å²) in [6, 6.07) is 12.7. The standard InChI is InChI=1S/C23H30N4O2/c1-22(2,3)19-8-4-17(5-9-19)14-23(12-13-24-16-23)26-20-10-6-18(15-25-20)7-11-21(28)27-29/h4-11,15,24,29H,12-14,16H2,1-3H3,(H,25,26)(H,27,28)/b11-7+/t23-/m0/s1. The summed E-state index contributed by atoms with van der Waals surface area (Å²) in [5.41, 5.74) is 5.08.